The second kappa shape index (κ2) is 5.24. The number of nitrogens with two attached hydrogens (primary N) is 1. The van der Waals surface area contributed by atoms with Crippen LogP contribution < -0.4 is 15.2 Å². The average molecular weight is 311 g/mol. The molecule has 0 bridgehead atoms. The van der Waals surface area contributed by atoms with Gasteiger partial charge in [0.05, 0.1) is 16.8 Å². The third kappa shape index (κ3) is 2.37. The van der Waals surface area contributed by atoms with E-state index in [0.717, 1.165) is 16.3 Å². The summed E-state index contributed by atoms with van der Waals surface area (Å²) in [5.41, 5.74) is 8.19. The molecule has 2 heterocycles. The van der Waals surface area contributed by atoms with Crippen LogP contribution in [-0.2, 0) is 0 Å². The van der Waals surface area contributed by atoms with Crippen LogP contribution in [0.15, 0.2) is 12.1 Å². The van der Waals surface area contributed by atoms with E-state index in [0.29, 0.717) is 29.7 Å². The Bertz CT molecular complexity index is 637. The first-order chi connectivity index (χ1) is 9.56. The van der Waals surface area contributed by atoms with Crippen molar-refractivity contribution >= 4 is 22.9 Å². The molecule has 20 heavy (non-hydrogen) atoms. The summed E-state index contributed by atoms with van der Waals surface area (Å²) < 4.78 is 11.1. The van der Waals surface area contributed by atoms with Gasteiger partial charge < -0.3 is 15.2 Å². The Kier molecular flexibility index (Phi) is 3.58. The minimum Gasteiger partial charge on any atom is -0.486 e. The summed E-state index contributed by atoms with van der Waals surface area (Å²) in [6, 6.07) is 3.41. The highest BCUT2D eigenvalue weighted by molar-refractivity contribution is 7.11. The molecule has 1 aromatic heterocycles. The summed E-state index contributed by atoms with van der Waals surface area (Å²) in [6.07, 6.45) is 0. The first-order valence-corrected chi connectivity index (χ1v) is 7.54. The molecular weight excluding hydrogens is 296 g/mol. The molecule has 1 unspecified atom stereocenters. The van der Waals surface area contributed by atoms with Gasteiger partial charge in [-0.25, -0.2) is 4.98 Å². The van der Waals surface area contributed by atoms with Crippen LogP contribution in [-0.4, -0.2) is 18.2 Å². The Morgan fingerprint density at radius 1 is 1.30 bits per heavy atom. The van der Waals surface area contributed by atoms with Crippen LogP contribution in [0.3, 0.4) is 0 Å². The minimum atomic E-state index is -0.305. The number of nitrogens with zero attached hydrogens (tertiary/aromatic N) is 1. The molecule has 1 aliphatic heterocycles. The first-order valence-electron chi connectivity index (χ1n) is 6.35. The minimum absolute atomic E-state index is 0.305. The second-order valence-corrected chi connectivity index (χ2v) is 6.34. The predicted molar refractivity (Wildman–Crippen MR) is 80.1 cm³/mol. The summed E-state index contributed by atoms with van der Waals surface area (Å²) in [6.45, 7) is 5.07. The van der Waals surface area contributed by atoms with E-state index in [-0.39, 0.29) is 6.04 Å². The number of ether oxygens (including phenoxy) is 2. The summed E-state index contributed by atoms with van der Waals surface area (Å²) in [5.74, 6) is 1.25. The van der Waals surface area contributed by atoms with Gasteiger partial charge in [0, 0.05) is 4.88 Å². The third-order valence-corrected chi connectivity index (χ3v) is 4.73. The van der Waals surface area contributed by atoms with E-state index in [1.807, 2.05) is 26.0 Å². The van der Waals surface area contributed by atoms with Crippen molar-refractivity contribution in [2.75, 3.05) is 13.2 Å². The van der Waals surface area contributed by atoms with Crippen molar-refractivity contribution in [1.82, 2.24) is 4.98 Å². The van der Waals surface area contributed by atoms with E-state index in [1.54, 1.807) is 11.3 Å². The molecule has 0 fully saturated rings. The Morgan fingerprint density at radius 2 is 2.05 bits per heavy atom. The molecule has 1 aliphatic rings. The molecule has 0 radical (unpaired) electrons. The molecular formula is C14H15ClN2O2S. The van der Waals surface area contributed by atoms with E-state index in [9.17, 15) is 0 Å². The first kappa shape index (κ1) is 13.7. The fourth-order valence-corrected chi connectivity index (χ4v) is 3.31. The van der Waals surface area contributed by atoms with Gasteiger partial charge in [-0.05, 0) is 31.5 Å². The summed E-state index contributed by atoms with van der Waals surface area (Å²) in [7, 11) is 0. The van der Waals surface area contributed by atoms with Crippen LogP contribution in [0.25, 0.3) is 0 Å². The highest BCUT2D eigenvalue weighted by Gasteiger charge is 2.21. The maximum absolute atomic E-state index is 6.29. The molecule has 106 valence electrons. The molecule has 0 spiro atoms. The number of fused-ring (bicyclic) bond motifs is 1. The van der Waals surface area contributed by atoms with Crippen molar-refractivity contribution < 1.29 is 9.47 Å². The van der Waals surface area contributed by atoms with E-state index in [4.69, 9.17) is 26.8 Å². The van der Waals surface area contributed by atoms with Crippen LogP contribution >= 0.6 is 22.9 Å². The largest absolute Gasteiger partial charge is 0.486 e. The number of halogens is 1. The van der Waals surface area contributed by atoms with Gasteiger partial charge in [0.1, 0.15) is 18.2 Å². The summed E-state index contributed by atoms with van der Waals surface area (Å²) in [4.78, 5) is 5.69. The fourth-order valence-electron chi connectivity index (χ4n) is 2.08. The van der Waals surface area contributed by atoms with Crippen molar-refractivity contribution in [2.45, 2.75) is 19.9 Å². The van der Waals surface area contributed by atoms with Gasteiger partial charge in [0.15, 0.2) is 11.5 Å². The molecule has 6 heteroatoms. The van der Waals surface area contributed by atoms with Crippen LogP contribution in [0.2, 0.25) is 5.02 Å². The van der Waals surface area contributed by atoms with Crippen molar-refractivity contribution in [3.05, 3.63) is 38.3 Å². The molecule has 0 saturated heterocycles. The lowest BCUT2D eigenvalue weighted by molar-refractivity contribution is 0.171. The molecule has 4 nitrogen and oxygen atoms in total. The van der Waals surface area contributed by atoms with E-state index < -0.39 is 0 Å². The van der Waals surface area contributed by atoms with Crippen molar-refractivity contribution in [3.63, 3.8) is 0 Å². The van der Waals surface area contributed by atoms with Gasteiger partial charge in [0.25, 0.3) is 0 Å². The van der Waals surface area contributed by atoms with Crippen LogP contribution in [0.4, 0.5) is 0 Å². The maximum Gasteiger partial charge on any atom is 0.179 e. The van der Waals surface area contributed by atoms with Gasteiger partial charge in [-0.2, -0.15) is 0 Å². The number of hydrogen-bond acceptors (Lipinski definition) is 5. The zero-order chi connectivity index (χ0) is 14.3. The SMILES string of the molecule is Cc1nc(C(N)c2cc(Cl)c3c(c2)OCCO3)sc1C. The zero-order valence-corrected chi connectivity index (χ0v) is 12.8. The molecule has 0 amide bonds. The van der Waals surface area contributed by atoms with E-state index in [1.165, 1.54) is 4.88 Å². The molecule has 0 saturated carbocycles. The summed E-state index contributed by atoms with van der Waals surface area (Å²) in [5, 5.41) is 1.41. The van der Waals surface area contributed by atoms with Gasteiger partial charge >= 0.3 is 0 Å². The number of benzene rings is 1. The Morgan fingerprint density at radius 3 is 2.75 bits per heavy atom. The van der Waals surface area contributed by atoms with Crippen molar-refractivity contribution in [2.24, 2.45) is 5.73 Å². The lowest BCUT2D eigenvalue weighted by atomic mass is 10.1. The smallest absolute Gasteiger partial charge is 0.179 e. The van der Waals surface area contributed by atoms with Gasteiger partial charge in [-0.3, -0.25) is 0 Å². The van der Waals surface area contributed by atoms with Crippen molar-refractivity contribution in [1.29, 1.82) is 0 Å². The zero-order valence-electron chi connectivity index (χ0n) is 11.3. The quantitative estimate of drug-likeness (QED) is 0.925. The number of aromatic nitrogens is 1. The topological polar surface area (TPSA) is 57.4 Å². The van der Waals surface area contributed by atoms with Gasteiger partial charge in [0.2, 0.25) is 0 Å². The highest BCUT2D eigenvalue weighted by Crippen LogP contribution is 2.40. The molecule has 1 atom stereocenters. The molecule has 2 N–H and O–H groups in total. The van der Waals surface area contributed by atoms with E-state index in [2.05, 4.69) is 4.98 Å². The number of hydrogen-bond donors (Lipinski definition) is 1. The third-order valence-electron chi connectivity index (χ3n) is 3.29. The van der Waals surface area contributed by atoms with Crippen molar-refractivity contribution in [3.8, 4) is 11.5 Å². The van der Waals surface area contributed by atoms with Crippen LogP contribution in [0.1, 0.15) is 27.2 Å². The molecule has 2 aromatic rings. The monoisotopic (exact) mass is 310 g/mol. The normalized spacial score (nSPS) is 15.2. The number of aryl methyl sites for hydroxylation is 2. The number of thiazole rings is 1. The Labute approximate surface area is 126 Å². The lowest BCUT2D eigenvalue weighted by Crippen LogP contribution is -2.17. The fraction of sp³-hybridized carbons (Fsp3) is 0.357. The maximum atomic E-state index is 6.29. The van der Waals surface area contributed by atoms with Crippen LogP contribution in [0, 0.1) is 13.8 Å². The second-order valence-electron chi connectivity index (χ2n) is 4.70. The van der Waals surface area contributed by atoms with Gasteiger partial charge in [-0.1, -0.05) is 11.6 Å². The predicted octanol–water partition coefficient (Wildman–Crippen LogP) is 3.23. The summed E-state index contributed by atoms with van der Waals surface area (Å²) >= 11 is 7.85. The van der Waals surface area contributed by atoms with Gasteiger partial charge in [-0.15, -0.1) is 11.3 Å². The van der Waals surface area contributed by atoms with E-state index >= 15 is 0 Å². The standard InChI is InChI=1S/C14H15ClN2O2S/c1-7-8(2)20-14(17-7)12(16)9-5-10(15)13-11(6-9)18-3-4-19-13/h5-6,12H,3-4,16H2,1-2H3. The number of rotatable bonds is 2. The molecule has 0 aliphatic carbocycles. The highest BCUT2D eigenvalue weighted by atomic mass is 35.5. The Hall–Kier alpha value is -1.30. The molecule has 1 aromatic carbocycles. The lowest BCUT2D eigenvalue weighted by Gasteiger charge is -2.21. The Balaban J connectivity index is 1.99. The van der Waals surface area contributed by atoms with Crippen LogP contribution in [0.5, 0.6) is 11.5 Å². The molecule has 3 rings (SSSR count). The average Bonchev–Trinajstić information content (AvgIpc) is 2.78.